The van der Waals surface area contributed by atoms with Crippen LogP contribution in [-0.2, 0) is 6.42 Å². The first-order valence-electron chi connectivity index (χ1n) is 4.19. The number of hydrogen-bond donors (Lipinski definition) is 1. The smallest absolute Gasteiger partial charge is 0.178 e. The Kier molecular flexibility index (Phi) is 2.80. The molecule has 0 amide bonds. The number of Topliss-reactive ketones (excluding diaryl/α,β-unsaturated/α-hetero) is 1. The van der Waals surface area contributed by atoms with Crippen LogP contribution in [0.15, 0.2) is 0 Å². The van der Waals surface area contributed by atoms with Crippen LogP contribution in [0.5, 0.6) is 0 Å². The maximum absolute atomic E-state index is 11.0. The first-order chi connectivity index (χ1) is 6.19. The summed E-state index contributed by atoms with van der Waals surface area (Å²) < 4.78 is 0. The third kappa shape index (κ3) is 1.94. The van der Waals surface area contributed by atoms with Crippen LogP contribution < -0.4 is 0 Å². The van der Waals surface area contributed by atoms with Gasteiger partial charge in [0.15, 0.2) is 11.5 Å². The molecular formula is C9H11N3O. The molecule has 4 heteroatoms. The highest BCUT2D eigenvalue weighted by atomic mass is 16.1. The summed E-state index contributed by atoms with van der Waals surface area (Å²) in [5.41, 5.74) is 0.530. The van der Waals surface area contributed by atoms with Gasteiger partial charge in [0.2, 0.25) is 0 Å². The van der Waals surface area contributed by atoms with Crippen LogP contribution in [0, 0.1) is 11.3 Å². The monoisotopic (exact) mass is 177 g/mol. The quantitative estimate of drug-likeness (QED) is 0.710. The molecule has 68 valence electrons. The number of ketones is 1. The normalized spacial score (nSPS) is 9.62. The molecule has 0 spiro atoms. The summed E-state index contributed by atoms with van der Waals surface area (Å²) in [5.74, 6) is 0.565. The summed E-state index contributed by atoms with van der Waals surface area (Å²) in [6.45, 7) is 3.44. The molecule has 0 aliphatic rings. The number of imidazole rings is 1. The van der Waals surface area contributed by atoms with Gasteiger partial charge in [0, 0.05) is 13.3 Å². The van der Waals surface area contributed by atoms with Gasteiger partial charge in [-0.15, -0.1) is 0 Å². The van der Waals surface area contributed by atoms with Crippen LogP contribution in [0.1, 0.15) is 42.3 Å². The zero-order chi connectivity index (χ0) is 9.84. The average Bonchev–Trinajstić information content (AvgIpc) is 2.48. The molecule has 4 nitrogen and oxygen atoms in total. The molecule has 0 unspecified atom stereocenters. The summed E-state index contributed by atoms with van der Waals surface area (Å²) in [6.07, 6.45) is 1.71. The van der Waals surface area contributed by atoms with E-state index in [9.17, 15) is 4.79 Å². The Labute approximate surface area is 76.6 Å². The Morgan fingerprint density at radius 1 is 1.69 bits per heavy atom. The highest BCUT2D eigenvalue weighted by molar-refractivity contribution is 5.94. The van der Waals surface area contributed by atoms with Gasteiger partial charge >= 0.3 is 0 Å². The fraction of sp³-hybridized carbons (Fsp3) is 0.444. The number of nitrogens with zero attached hydrogens (tertiary/aromatic N) is 2. The molecule has 0 aliphatic heterocycles. The third-order valence-electron chi connectivity index (χ3n) is 1.70. The minimum atomic E-state index is -0.147. The molecule has 1 N–H and O–H groups in total. The molecule has 0 radical (unpaired) electrons. The number of nitriles is 1. The van der Waals surface area contributed by atoms with Crippen molar-refractivity contribution in [2.45, 2.75) is 26.7 Å². The second kappa shape index (κ2) is 3.85. The molecule has 0 fully saturated rings. The Bertz CT molecular complexity index is 359. The van der Waals surface area contributed by atoms with E-state index in [0.717, 1.165) is 12.8 Å². The van der Waals surface area contributed by atoms with Crippen LogP contribution >= 0.6 is 0 Å². The van der Waals surface area contributed by atoms with E-state index in [4.69, 9.17) is 5.26 Å². The fourth-order valence-corrected chi connectivity index (χ4v) is 1.11. The van der Waals surface area contributed by atoms with Crippen molar-refractivity contribution >= 4 is 5.78 Å². The van der Waals surface area contributed by atoms with Gasteiger partial charge in [-0.3, -0.25) is 4.79 Å². The van der Waals surface area contributed by atoms with E-state index in [1.165, 1.54) is 6.92 Å². The first kappa shape index (κ1) is 9.46. The van der Waals surface area contributed by atoms with Crippen molar-refractivity contribution in [3.8, 4) is 6.07 Å². The van der Waals surface area contributed by atoms with Gasteiger partial charge in [-0.25, -0.2) is 4.98 Å². The van der Waals surface area contributed by atoms with E-state index in [1.807, 2.05) is 13.0 Å². The molecule has 0 bridgehead atoms. The van der Waals surface area contributed by atoms with E-state index < -0.39 is 0 Å². The van der Waals surface area contributed by atoms with E-state index in [0.29, 0.717) is 11.5 Å². The van der Waals surface area contributed by atoms with Gasteiger partial charge < -0.3 is 4.98 Å². The predicted molar refractivity (Wildman–Crippen MR) is 47.3 cm³/mol. The summed E-state index contributed by atoms with van der Waals surface area (Å²) in [4.78, 5) is 17.9. The Balaban J connectivity index is 3.06. The molecular weight excluding hydrogens is 166 g/mol. The van der Waals surface area contributed by atoms with Gasteiger partial charge in [-0.2, -0.15) is 5.26 Å². The minimum Gasteiger partial charge on any atom is -0.338 e. The number of aromatic nitrogens is 2. The lowest BCUT2D eigenvalue weighted by Crippen LogP contribution is -1.95. The largest absolute Gasteiger partial charge is 0.338 e. The third-order valence-corrected chi connectivity index (χ3v) is 1.70. The van der Waals surface area contributed by atoms with Gasteiger partial charge in [-0.05, 0) is 6.42 Å². The number of hydrogen-bond acceptors (Lipinski definition) is 3. The lowest BCUT2D eigenvalue weighted by molar-refractivity contribution is 0.101. The molecule has 0 atom stereocenters. The summed E-state index contributed by atoms with van der Waals surface area (Å²) >= 11 is 0. The van der Waals surface area contributed by atoms with Crippen LogP contribution in [0.25, 0.3) is 0 Å². The summed E-state index contributed by atoms with van der Waals surface area (Å²) in [7, 11) is 0. The van der Waals surface area contributed by atoms with Crippen molar-refractivity contribution in [2.24, 2.45) is 0 Å². The van der Waals surface area contributed by atoms with Gasteiger partial charge in [-0.1, -0.05) is 6.92 Å². The lowest BCUT2D eigenvalue weighted by Gasteiger charge is -1.88. The number of aromatic amines is 1. The highest BCUT2D eigenvalue weighted by Crippen LogP contribution is 2.07. The molecule has 0 aromatic carbocycles. The maximum atomic E-state index is 11.0. The van der Waals surface area contributed by atoms with Crippen molar-refractivity contribution in [1.29, 1.82) is 5.26 Å². The van der Waals surface area contributed by atoms with Crippen molar-refractivity contribution in [3.63, 3.8) is 0 Å². The Morgan fingerprint density at radius 3 is 2.77 bits per heavy atom. The zero-order valence-corrected chi connectivity index (χ0v) is 7.72. The van der Waals surface area contributed by atoms with E-state index in [1.54, 1.807) is 0 Å². The fourth-order valence-electron chi connectivity index (χ4n) is 1.11. The van der Waals surface area contributed by atoms with E-state index in [-0.39, 0.29) is 11.5 Å². The summed E-state index contributed by atoms with van der Waals surface area (Å²) in [5, 5.41) is 8.66. The number of rotatable bonds is 3. The standard InChI is InChI=1S/C9H11N3O/c1-3-4-8-11-7(5-10)9(12-8)6(2)13/h3-4H2,1-2H3,(H,11,12). The number of H-pyrrole nitrogens is 1. The van der Waals surface area contributed by atoms with Crippen LogP contribution in [0.2, 0.25) is 0 Å². The zero-order valence-electron chi connectivity index (χ0n) is 7.72. The Morgan fingerprint density at radius 2 is 2.38 bits per heavy atom. The van der Waals surface area contributed by atoms with Crippen molar-refractivity contribution < 1.29 is 4.79 Å². The van der Waals surface area contributed by atoms with Gasteiger partial charge in [0.05, 0.1) is 0 Å². The molecule has 1 heterocycles. The second-order valence-electron chi connectivity index (χ2n) is 2.83. The van der Waals surface area contributed by atoms with E-state index >= 15 is 0 Å². The van der Waals surface area contributed by atoms with E-state index in [2.05, 4.69) is 9.97 Å². The summed E-state index contributed by atoms with van der Waals surface area (Å²) in [6, 6.07) is 1.89. The second-order valence-corrected chi connectivity index (χ2v) is 2.83. The molecule has 1 aromatic rings. The minimum absolute atomic E-state index is 0.147. The maximum Gasteiger partial charge on any atom is 0.178 e. The van der Waals surface area contributed by atoms with Gasteiger partial charge in [0.1, 0.15) is 17.6 Å². The molecule has 1 rings (SSSR count). The Hall–Kier alpha value is -1.63. The molecule has 0 saturated heterocycles. The topological polar surface area (TPSA) is 69.5 Å². The highest BCUT2D eigenvalue weighted by Gasteiger charge is 2.12. The van der Waals surface area contributed by atoms with Crippen LogP contribution in [0.4, 0.5) is 0 Å². The first-order valence-corrected chi connectivity index (χ1v) is 4.19. The molecule has 1 aromatic heterocycles. The predicted octanol–water partition coefficient (Wildman–Crippen LogP) is 1.44. The van der Waals surface area contributed by atoms with Crippen LogP contribution in [-0.4, -0.2) is 15.8 Å². The number of aryl methyl sites for hydroxylation is 1. The number of nitrogens with one attached hydrogen (secondary N) is 1. The van der Waals surface area contributed by atoms with Crippen molar-refractivity contribution in [2.75, 3.05) is 0 Å². The molecule has 0 aliphatic carbocycles. The van der Waals surface area contributed by atoms with Crippen molar-refractivity contribution in [3.05, 3.63) is 17.2 Å². The van der Waals surface area contributed by atoms with Crippen LogP contribution in [0.3, 0.4) is 0 Å². The number of carbonyl (C=O) groups excluding carboxylic acids is 1. The lowest BCUT2D eigenvalue weighted by atomic mass is 10.3. The van der Waals surface area contributed by atoms with Gasteiger partial charge in [0.25, 0.3) is 0 Å². The van der Waals surface area contributed by atoms with Crippen molar-refractivity contribution in [1.82, 2.24) is 9.97 Å². The number of carbonyl (C=O) groups is 1. The molecule has 13 heavy (non-hydrogen) atoms. The SMILES string of the molecule is CCCc1nc(C#N)c(C(C)=O)[nH]1. The average molecular weight is 177 g/mol. The molecule has 0 saturated carbocycles.